The lowest BCUT2D eigenvalue weighted by atomic mass is 10.2. The molecule has 0 radical (unpaired) electrons. The van der Waals surface area contributed by atoms with Gasteiger partial charge < -0.3 is 4.74 Å². The van der Waals surface area contributed by atoms with Crippen LogP contribution in [0.1, 0.15) is 18.2 Å². The van der Waals surface area contributed by atoms with Gasteiger partial charge in [0.1, 0.15) is 0 Å². The molecule has 74 valence electrons. The lowest BCUT2D eigenvalue weighted by Gasteiger charge is -1.96. The fourth-order valence-corrected chi connectivity index (χ4v) is 1.03. The molecule has 0 aliphatic heterocycles. The second kappa shape index (κ2) is 5.17. The molecule has 0 N–H and O–H groups in total. The summed E-state index contributed by atoms with van der Waals surface area (Å²) in [7, 11) is 0. The first-order valence-corrected chi connectivity index (χ1v) is 4.50. The highest BCUT2D eigenvalue weighted by atomic mass is 16.5. The number of esters is 1. The Morgan fingerprint density at radius 3 is 3.07 bits per heavy atom. The van der Waals surface area contributed by atoms with E-state index < -0.39 is 0 Å². The molecule has 1 aromatic heterocycles. The standard InChI is InChI=1S/C11H13NO2/c1-3-14-11(13)5-4-10-6-7-12-9(2)8-10/h4-8H,3H2,1-2H3. The Morgan fingerprint density at radius 2 is 2.43 bits per heavy atom. The van der Waals surface area contributed by atoms with Gasteiger partial charge in [-0.3, -0.25) is 4.98 Å². The van der Waals surface area contributed by atoms with Crippen molar-refractivity contribution in [1.29, 1.82) is 0 Å². The highest BCUT2D eigenvalue weighted by molar-refractivity contribution is 5.86. The van der Waals surface area contributed by atoms with E-state index in [9.17, 15) is 4.79 Å². The highest BCUT2D eigenvalue weighted by Crippen LogP contribution is 2.02. The average molecular weight is 191 g/mol. The maximum absolute atomic E-state index is 11.0. The summed E-state index contributed by atoms with van der Waals surface area (Å²) in [5, 5.41) is 0. The van der Waals surface area contributed by atoms with Crippen molar-refractivity contribution in [2.75, 3.05) is 6.61 Å². The molecule has 3 heteroatoms. The number of hydrogen-bond donors (Lipinski definition) is 0. The molecule has 0 spiro atoms. The Morgan fingerprint density at radius 1 is 1.64 bits per heavy atom. The molecule has 0 aliphatic carbocycles. The van der Waals surface area contributed by atoms with Crippen molar-refractivity contribution in [3.05, 3.63) is 35.7 Å². The Kier molecular flexibility index (Phi) is 3.85. The molecular weight excluding hydrogens is 178 g/mol. The van der Waals surface area contributed by atoms with Crippen LogP contribution < -0.4 is 0 Å². The molecule has 1 heterocycles. The van der Waals surface area contributed by atoms with Crippen molar-refractivity contribution in [2.45, 2.75) is 13.8 Å². The molecule has 0 aliphatic rings. The van der Waals surface area contributed by atoms with Crippen LogP contribution in [0.2, 0.25) is 0 Å². The summed E-state index contributed by atoms with van der Waals surface area (Å²) in [4.78, 5) is 15.0. The first kappa shape index (κ1) is 10.4. The van der Waals surface area contributed by atoms with Crippen LogP contribution in [0, 0.1) is 6.92 Å². The van der Waals surface area contributed by atoms with E-state index in [4.69, 9.17) is 4.74 Å². The van der Waals surface area contributed by atoms with Gasteiger partial charge in [0.05, 0.1) is 6.61 Å². The molecule has 1 rings (SSSR count). The van der Waals surface area contributed by atoms with Gasteiger partial charge in [0.2, 0.25) is 0 Å². The summed E-state index contributed by atoms with van der Waals surface area (Å²) in [6.07, 6.45) is 4.84. The van der Waals surface area contributed by atoms with E-state index in [0.29, 0.717) is 6.61 Å². The quantitative estimate of drug-likeness (QED) is 0.541. The lowest BCUT2D eigenvalue weighted by molar-refractivity contribution is -0.137. The molecule has 14 heavy (non-hydrogen) atoms. The zero-order valence-electron chi connectivity index (χ0n) is 8.36. The van der Waals surface area contributed by atoms with Gasteiger partial charge in [0.25, 0.3) is 0 Å². The Hall–Kier alpha value is -1.64. The van der Waals surface area contributed by atoms with Crippen LogP contribution in [0.25, 0.3) is 6.08 Å². The van der Waals surface area contributed by atoms with Crippen molar-refractivity contribution in [1.82, 2.24) is 4.98 Å². The van der Waals surface area contributed by atoms with Gasteiger partial charge in [0, 0.05) is 18.0 Å². The SMILES string of the molecule is CCOC(=O)C=Cc1ccnc(C)c1. The van der Waals surface area contributed by atoms with Gasteiger partial charge in [-0.15, -0.1) is 0 Å². The number of aromatic nitrogens is 1. The van der Waals surface area contributed by atoms with Crippen molar-refractivity contribution >= 4 is 12.0 Å². The Labute approximate surface area is 83.4 Å². The van der Waals surface area contributed by atoms with E-state index in [-0.39, 0.29) is 5.97 Å². The molecular formula is C11H13NO2. The van der Waals surface area contributed by atoms with Gasteiger partial charge in [-0.25, -0.2) is 4.79 Å². The minimum Gasteiger partial charge on any atom is -0.463 e. The van der Waals surface area contributed by atoms with Crippen LogP contribution in [0.4, 0.5) is 0 Å². The zero-order valence-corrected chi connectivity index (χ0v) is 8.36. The molecule has 0 saturated heterocycles. The third-order valence-corrected chi connectivity index (χ3v) is 1.62. The summed E-state index contributed by atoms with van der Waals surface area (Å²) in [5.41, 5.74) is 1.88. The van der Waals surface area contributed by atoms with E-state index in [0.717, 1.165) is 11.3 Å². The monoisotopic (exact) mass is 191 g/mol. The molecule has 0 aromatic carbocycles. The second-order valence-electron chi connectivity index (χ2n) is 2.82. The number of ether oxygens (including phenoxy) is 1. The Bertz CT molecular complexity index is 345. The molecule has 0 fully saturated rings. The first-order valence-electron chi connectivity index (χ1n) is 4.50. The smallest absolute Gasteiger partial charge is 0.330 e. The Balaban J connectivity index is 2.64. The minimum absolute atomic E-state index is 0.318. The molecule has 0 bridgehead atoms. The lowest BCUT2D eigenvalue weighted by Crippen LogP contribution is -1.98. The van der Waals surface area contributed by atoms with Crippen LogP contribution in [0.3, 0.4) is 0 Å². The number of aryl methyl sites for hydroxylation is 1. The van der Waals surface area contributed by atoms with Crippen LogP contribution in [0.15, 0.2) is 24.4 Å². The van der Waals surface area contributed by atoms with Crippen molar-refractivity contribution in [2.24, 2.45) is 0 Å². The summed E-state index contributed by atoms with van der Waals surface area (Å²) in [6.45, 7) is 4.09. The maximum Gasteiger partial charge on any atom is 0.330 e. The third-order valence-electron chi connectivity index (χ3n) is 1.62. The fraction of sp³-hybridized carbons (Fsp3) is 0.273. The van der Waals surface area contributed by atoms with E-state index >= 15 is 0 Å². The average Bonchev–Trinajstić information content (AvgIpc) is 2.15. The number of nitrogens with zero attached hydrogens (tertiary/aromatic N) is 1. The summed E-state index contributed by atoms with van der Waals surface area (Å²) >= 11 is 0. The normalized spacial score (nSPS) is 10.4. The van der Waals surface area contributed by atoms with Crippen LogP contribution in [0.5, 0.6) is 0 Å². The fourth-order valence-electron chi connectivity index (χ4n) is 1.03. The number of carbonyl (C=O) groups is 1. The van der Waals surface area contributed by atoms with Gasteiger partial charge in [0.15, 0.2) is 0 Å². The van der Waals surface area contributed by atoms with Crippen LogP contribution in [-0.4, -0.2) is 17.6 Å². The summed E-state index contributed by atoms with van der Waals surface area (Å²) in [6, 6.07) is 3.73. The molecule has 1 aromatic rings. The molecule has 3 nitrogen and oxygen atoms in total. The largest absolute Gasteiger partial charge is 0.463 e. The molecule has 0 atom stereocenters. The van der Waals surface area contributed by atoms with Crippen molar-refractivity contribution < 1.29 is 9.53 Å². The predicted octanol–water partition coefficient (Wildman–Crippen LogP) is 1.97. The first-order chi connectivity index (χ1) is 6.72. The van der Waals surface area contributed by atoms with E-state index in [2.05, 4.69) is 4.98 Å². The van der Waals surface area contributed by atoms with Crippen LogP contribution >= 0.6 is 0 Å². The number of hydrogen-bond acceptors (Lipinski definition) is 3. The molecule has 0 amide bonds. The van der Waals surface area contributed by atoms with E-state index in [1.165, 1.54) is 6.08 Å². The van der Waals surface area contributed by atoms with Gasteiger partial charge >= 0.3 is 5.97 Å². The number of pyridine rings is 1. The third kappa shape index (κ3) is 3.39. The minimum atomic E-state index is -0.318. The van der Waals surface area contributed by atoms with Crippen molar-refractivity contribution in [3.63, 3.8) is 0 Å². The van der Waals surface area contributed by atoms with E-state index in [1.54, 1.807) is 19.2 Å². The summed E-state index contributed by atoms with van der Waals surface area (Å²) in [5.74, 6) is -0.318. The molecule has 0 saturated carbocycles. The topological polar surface area (TPSA) is 39.2 Å². The van der Waals surface area contributed by atoms with Gasteiger partial charge in [-0.05, 0) is 37.6 Å². The molecule has 0 unspecified atom stereocenters. The highest BCUT2D eigenvalue weighted by Gasteiger charge is 1.93. The predicted molar refractivity (Wildman–Crippen MR) is 54.6 cm³/mol. The second-order valence-corrected chi connectivity index (χ2v) is 2.82. The van der Waals surface area contributed by atoms with E-state index in [1.807, 2.05) is 19.1 Å². The van der Waals surface area contributed by atoms with Crippen molar-refractivity contribution in [3.8, 4) is 0 Å². The number of rotatable bonds is 3. The van der Waals surface area contributed by atoms with Gasteiger partial charge in [-0.2, -0.15) is 0 Å². The maximum atomic E-state index is 11.0. The zero-order chi connectivity index (χ0) is 10.4. The van der Waals surface area contributed by atoms with Crippen LogP contribution in [-0.2, 0) is 9.53 Å². The number of carbonyl (C=O) groups excluding carboxylic acids is 1. The van der Waals surface area contributed by atoms with Gasteiger partial charge in [-0.1, -0.05) is 0 Å². The summed E-state index contributed by atoms with van der Waals surface area (Å²) < 4.78 is 4.75.